The van der Waals surface area contributed by atoms with Crippen molar-refractivity contribution >= 4 is 36.8 Å². The molecule has 2 unspecified atom stereocenters. The zero-order chi connectivity index (χ0) is 14.3. The third kappa shape index (κ3) is 2.33. The molecule has 104 valence electrons. The first-order valence-corrected chi connectivity index (χ1v) is 9.25. The molecule has 2 N–H and O–H groups in total. The molecule has 1 aromatic carbocycles. The summed E-state index contributed by atoms with van der Waals surface area (Å²) in [7, 11) is -3.70. The van der Waals surface area contributed by atoms with Gasteiger partial charge in [-0.05, 0) is 0 Å². The van der Waals surface area contributed by atoms with Crippen molar-refractivity contribution < 1.29 is 13.2 Å². The zero-order valence-electron chi connectivity index (χ0n) is 10.3. The molecular formula is C13H12N2O3SSe. The summed E-state index contributed by atoms with van der Waals surface area (Å²) in [6, 6.07) is 6.12. The van der Waals surface area contributed by atoms with Crippen LogP contribution in [0.4, 0.5) is 5.69 Å². The fraction of sp³-hybridized carbons (Fsp3) is 0.154. The van der Waals surface area contributed by atoms with E-state index in [2.05, 4.69) is 6.08 Å². The van der Waals surface area contributed by atoms with E-state index in [0.29, 0.717) is 0 Å². The Kier molecular flexibility index (Phi) is 3.30. The second-order valence-corrected chi connectivity index (χ2v) is 8.45. The first-order valence-electron chi connectivity index (χ1n) is 5.95. The maximum absolute atomic E-state index is 12.3. The van der Waals surface area contributed by atoms with Gasteiger partial charge in [0.1, 0.15) is 0 Å². The third-order valence-electron chi connectivity index (χ3n) is 3.20. The van der Waals surface area contributed by atoms with Crippen LogP contribution in [0.3, 0.4) is 0 Å². The van der Waals surface area contributed by atoms with Crippen LogP contribution < -0.4 is 9.06 Å². The molecule has 2 atom stereocenters. The van der Waals surface area contributed by atoms with E-state index in [0.717, 1.165) is 5.69 Å². The van der Waals surface area contributed by atoms with Crippen molar-refractivity contribution in [2.45, 2.75) is 9.71 Å². The molecule has 1 heterocycles. The average Bonchev–Trinajstić information content (AvgIpc) is 2.76. The van der Waals surface area contributed by atoms with E-state index in [1.165, 1.54) is 12.1 Å². The summed E-state index contributed by atoms with van der Waals surface area (Å²) >= 11 is -0.00782. The van der Waals surface area contributed by atoms with Gasteiger partial charge < -0.3 is 0 Å². The number of carbonyl (C=O) groups is 1. The zero-order valence-corrected chi connectivity index (χ0v) is 12.9. The van der Waals surface area contributed by atoms with Crippen LogP contribution in [0.2, 0.25) is 4.82 Å². The molecule has 0 aromatic heterocycles. The number of carbonyl (C=O) groups excluding carboxylic acids is 1. The van der Waals surface area contributed by atoms with Crippen LogP contribution in [0.5, 0.6) is 0 Å². The van der Waals surface area contributed by atoms with Crippen molar-refractivity contribution in [3.8, 4) is 0 Å². The average molecular weight is 355 g/mol. The van der Waals surface area contributed by atoms with Crippen LogP contribution in [-0.4, -0.2) is 29.5 Å². The summed E-state index contributed by atoms with van der Waals surface area (Å²) in [6.07, 6.45) is 7.83. The summed E-state index contributed by atoms with van der Waals surface area (Å²) in [6.45, 7) is 0. The van der Waals surface area contributed by atoms with Gasteiger partial charge in [-0.1, -0.05) is 0 Å². The van der Waals surface area contributed by atoms with E-state index in [9.17, 15) is 13.2 Å². The second kappa shape index (κ2) is 4.86. The number of hydrogen-bond acceptors (Lipinski definition) is 3. The number of rotatable bonds is 2. The summed E-state index contributed by atoms with van der Waals surface area (Å²) in [5.41, 5.74) is 0.721. The van der Waals surface area contributed by atoms with Crippen molar-refractivity contribution in [1.29, 1.82) is 0 Å². The molecule has 0 radical (unpaired) electrons. The molecule has 0 bridgehead atoms. The first kappa shape index (κ1) is 13.6. The van der Waals surface area contributed by atoms with Crippen LogP contribution in [0, 0.1) is 5.92 Å². The number of primary sulfonamides is 1. The molecule has 1 saturated heterocycles. The summed E-state index contributed by atoms with van der Waals surface area (Å²) < 4.78 is 24.2. The number of anilines is 1. The molecule has 7 heteroatoms. The Balaban J connectivity index is 1.89. The fourth-order valence-electron chi connectivity index (χ4n) is 2.18. The van der Waals surface area contributed by atoms with Gasteiger partial charge in [-0.2, -0.15) is 0 Å². The molecule has 20 heavy (non-hydrogen) atoms. The Labute approximate surface area is 123 Å². The van der Waals surface area contributed by atoms with Gasteiger partial charge in [0.05, 0.1) is 0 Å². The predicted molar refractivity (Wildman–Crippen MR) is 76.6 cm³/mol. The van der Waals surface area contributed by atoms with Crippen molar-refractivity contribution in [1.82, 2.24) is 0 Å². The number of fused-ring (bicyclic) bond motifs is 1. The van der Waals surface area contributed by atoms with Gasteiger partial charge in [0.15, 0.2) is 0 Å². The van der Waals surface area contributed by atoms with Gasteiger partial charge in [-0.15, -0.1) is 0 Å². The molecule has 1 aliphatic heterocycles. The summed E-state index contributed by atoms with van der Waals surface area (Å²) in [5.74, 6) is -0.0168. The number of amides is 1. The molecule has 1 aromatic rings. The topological polar surface area (TPSA) is 80.5 Å². The molecule has 0 saturated carbocycles. The van der Waals surface area contributed by atoms with E-state index in [4.69, 9.17) is 5.14 Å². The van der Waals surface area contributed by atoms with E-state index in [1.807, 2.05) is 18.2 Å². The predicted octanol–water partition coefficient (Wildman–Crippen LogP) is 0.831. The van der Waals surface area contributed by atoms with Crippen molar-refractivity contribution in [3.63, 3.8) is 0 Å². The SMILES string of the molecule is NS(=O)(=O)c1ccc(N2[Se]C3C=CC=CC3C2=O)cc1. The van der Waals surface area contributed by atoms with Crippen LogP contribution in [0.1, 0.15) is 0 Å². The second-order valence-electron chi connectivity index (χ2n) is 4.54. The van der Waals surface area contributed by atoms with Crippen molar-refractivity contribution in [2.24, 2.45) is 11.1 Å². The van der Waals surface area contributed by atoms with E-state index in [-0.39, 0.29) is 36.7 Å². The monoisotopic (exact) mass is 356 g/mol. The number of nitrogens with two attached hydrogens (primary N) is 1. The maximum atomic E-state index is 12.3. The standard InChI is InChI=1S/C13H12N2O3SSe/c14-19(17,18)10-7-5-9(6-8-10)15-13(16)11-3-1-2-4-12(11)20-15/h1-8,11-12H,(H2,14,17,18). The Hall–Kier alpha value is -1.40. The van der Waals surface area contributed by atoms with Crippen LogP contribution in [0.15, 0.2) is 53.5 Å². The van der Waals surface area contributed by atoms with Gasteiger partial charge in [0.25, 0.3) is 0 Å². The number of sulfonamides is 1. The molecule has 1 fully saturated rings. The van der Waals surface area contributed by atoms with E-state index < -0.39 is 10.0 Å². The molecule has 2 aliphatic rings. The Morgan fingerprint density at radius 1 is 1.10 bits per heavy atom. The fourth-order valence-corrected chi connectivity index (χ4v) is 5.24. The Morgan fingerprint density at radius 3 is 2.35 bits per heavy atom. The Bertz CT molecular complexity index is 710. The summed E-state index contributed by atoms with van der Waals surface area (Å²) in [4.78, 5) is 12.6. The number of nitrogens with zero attached hydrogens (tertiary/aromatic N) is 1. The first-order chi connectivity index (χ1) is 9.47. The Morgan fingerprint density at radius 2 is 1.75 bits per heavy atom. The van der Waals surface area contributed by atoms with Gasteiger partial charge >= 0.3 is 123 Å². The minimum absolute atomic E-state index is 0.00782. The minimum atomic E-state index is -3.70. The number of allylic oxidation sites excluding steroid dienone is 3. The number of hydrogen-bond donors (Lipinski definition) is 1. The molecular weight excluding hydrogens is 343 g/mol. The third-order valence-corrected chi connectivity index (χ3v) is 6.84. The molecule has 1 amide bonds. The van der Waals surface area contributed by atoms with Crippen LogP contribution in [-0.2, 0) is 14.8 Å². The van der Waals surface area contributed by atoms with E-state index >= 15 is 0 Å². The quantitative estimate of drug-likeness (QED) is 0.798. The van der Waals surface area contributed by atoms with Gasteiger partial charge in [-0.25, -0.2) is 0 Å². The van der Waals surface area contributed by atoms with E-state index in [1.54, 1.807) is 16.0 Å². The van der Waals surface area contributed by atoms with Crippen molar-refractivity contribution in [2.75, 3.05) is 3.92 Å². The molecule has 5 nitrogen and oxygen atoms in total. The van der Waals surface area contributed by atoms with Gasteiger partial charge in [0.2, 0.25) is 0 Å². The summed E-state index contributed by atoms with van der Waals surface area (Å²) in [5, 5.41) is 5.06. The van der Waals surface area contributed by atoms with Crippen molar-refractivity contribution in [3.05, 3.63) is 48.6 Å². The molecule has 3 rings (SSSR count). The number of benzene rings is 1. The van der Waals surface area contributed by atoms with Gasteiger partial charge in [0, 0.05) is 0 Å². The molecule has 0 spiro atoms. The van der Waals surface area contributed by atoms with Crippen LogP contribution >= 0.6 is 0 Å². The van der Waals surface area contributed by atoms with Gasteiger partial charge in [-0.3, -0.25) is 0 Å². The molecule has 1 aliphatic carbocycles. The normalized spacial score (nSPS) is 25.1. The van der Waals surface area contributed by atoms with Crippen LogP contribution in [0.25, 0.3) is 0 Å².